The van der Waals surface area contributed by atoms with Crippen LogP contribution >= 0.6 is 23.5 Å². The second-order valence-corrected chi connectivity index (χ2v) is 4.93. The van der Waals surface area contributed by atoms with Crippen LogP contribution in [0.15, 0.2) is 22.5 Å². The number of amides is 1. The maximum Gasteiger partial charge on any atom is 0.257 e. The van der Waals surface area contributed by atoms with Gasteiger partial charge in [0, 0.05) is 17.5 Å². The van der Waals surface area contributed by atoms with E-state index in [9.17, 15) is 4.79 Å². The van der Waals surface area contributed by atoms with Crippen molar-refractivity contribution in [1.29, 1.82) is 0 Å². The van der Waals surface area contributed by atoms with Gasteiger partial charge < -0.3 is 5.32 Å². The number of carbonyl (C=O) groups is 1. The van der Waals surface area contributed by atoms with Gasteiger partial charge in [-0.05, 0) is 5.41 Å². The molecule has 0 radical (unpaired) electrons. The van der Waals surface area contributed by atoms with E-state index in [1.165, 1.54) is 0 Å². The van der Waals surface area contributed by atoms with Gasteiger partial charge in [-0.1, -0.05) is 12.2 Å². The maximum atomic E-state index is 11.2. The van der Waals surface area contributed by atoms with Crippen molar-refractivity contribution in [2.24, 2.45) is 0 Å². The third kappa shape index (κ3) is 1.29. The summed E-state index contributed by atoms with van der Waals surface area (Å²) in [4.78, 5) is 12.1. The summed E-state index contributed by atoms with van der Waals surface area (Å²) in [6.45, 7) is 0. The van der Waals surface area contributed by atoms with Crippen LogP contribution in [-0.2, 0) is 4.79 Å². The smallest absolute Gasteiger partial charge is 0.257 e. The molecule has 0 aromatic heterocycles. The van der Waals surface area contributed by atoms with Crippen LogP contribution in [0.5, 0.6) is 0 Å². The van der Waals surface area contributed by atoms with Crippen LogP contribution in [0.25, 0.3) is 0 Å². The lowest BCUT2D eigenvalue weighted by molar-refractivity contribution is -0.116. The van der Waals surface area contributed by atoms with E-state index in [4.69, 9.17) is 0 Å². The number of hydrogen-bond acceptors (Lipinski definition) is 3. The van der Waals surface area contributed by atoms with Gasteiger partial charge >= 0.3 is 0 Å². The number of thioether (sulfide) groups is 2. The molecule has 2 atom stereocenters. The number of hydrogen-bond donors (Lipinski definition) is 1. The molecule has 2 aliphatic rings. The molecule has 0 fully saturated rings. The van der Waals surface area contributed by atoms with E-state index in [0.717, 1.165) is 4.91 Å². The topological polar surface area (TPSA) is 29.1 Å². The number of likely N-dealkylation sites (N-methyl/N-ethyl adjacent to an activating group) is 1. The van der Waals surface area contributed by atoms with Crippen LogP contribution in [0.1, 0.15) is 0 Å². The molecule has 2 heterocycles. The first-order valence-corrected chi connectivity index (χ1v) is 5.56. The van der Waals surface area contributed by atoms with Crippen LogP contribution in [0.3, 0.4) is 0 Å². The zero-order valence-corrected chi connectivity index (χ0v) is 8.24. The lowest BCUT2D eigenvalue weighted by atomic mass is 10.3. The third-order valence-electron chi connectivity index (χ3n) is 1.86. The van der Waals surface area contributed by atoms with Crippen LogP contribution in [0.4, 0.5) is 0 Å². The summed E-state index contributed by atoms with van der Waals surface area (Å²) in [7, 11) is 1.67. The Morgan fingerprint density at radius 1 is 1.58 bits per heavy atom. The summed E-state index contributed by atoms with van der Waals surface area (Å²) in [5, 5.41) is 5.72. The largest absolute Gasteiger partial charge is 0.355 e. The molecular weight excluding hydrogens is 190 g/mol. The fourth-order valence-electron chi connectivity index (χ4n) is 1.23. The minimum absolute atomic E-state index is 0.0448. The second-order valence-electron chi connectivity index (χ2n) is 2.62. The molecule has 64 valence electrons. The molecule has 0 aromatic rings. The normalized spacial score (nSPS) is 31.6. The van der Waals surface area contributed by atoms with Crippen molar-refractivity contribution in [3.63, 3.8) is 0 Å². The highest BCUT2D eigenvalue weighted by molar-refractivity contribution is 8.09. The first kappa shape index (κ1) is 8.26. The Bertz CT molecular complexity index is 272. The zero-order chi connectivity index (χ0) is 8.55. The Hall–Kier alpha value is -0.350. The molecule has 12 heavy (non-hydrogen) atoms. The van der Waals surface area contributed by atoms with Gasteiger partial charge in [0.05, 0.1) is 4.91 Å². The average Bonchev–Trinajstić information content (AvgIpc) is 2.60. The fourth-order valence-corrected chi connectivity index (χ4v) is 3.77. The highest BCUT2D eigenvalue weighted by Gasteiger charge is 2.31. The summed E-state index contributed by atoms with van der Waals surface area (Å²) in [5.41, 5.74) is 0. The Morgan fingerprint density at radius 3 is 3.08 bits per heavy atom. The first-order valence-electron chi connectivity index (χ1n) is 3.74. The van der Waals surface area contributed by atoms with Crippen molar-refractivity contribution in [3.8, 4) is 0 Å². The molecule has 2 aliphatic heterocycles. The van der Waals surface area contributed by atoms with Gasteiger partial charge in [0.25, 0.3) is 5.91 Å². The molecular formula is C8H9NOS2. The van der Waals surface area contributed by atoms with E-state index >= 15 is 0 Å². The van der Waals surface area contributed by atoms with Gasteiger partial charge in [-0.2, -0.15) is 0 Å². The summed E-state index contributed by atoms with van der Waals surface area (Å²) in [6.07, 6.45) is 4.21. The lowest BCUT2D eigenvalue weighted by Crippen LogP contribution is -2.17. The Labute approximate surface area is 79.9 Å². The molecule has 2 nitrogen and oxygen atoms in total. The highest BCUT2D eigenvalue weighted by atomic mass is 32.2. The molecule has 0 saturated carbocycles. The fraction of sp³-hybridized carbons (Fsp3) is 0.375. The van der Waals surface area contributed by atoms with Crippen LogP contribution in [-0.4, -0.2) is 23.5 Å². The molecule has 2 rings (SSSR count). The van der Waals surface area contributed by atoms with Gasteiger partial charge in [0.15, 0.2) is 0 Å². The summed E-state index contributed by atoms with van der Waals surface area (Å²) >= 11 is 3.44. The molecule has 1 amide bonds. The van der Waals surface area contributed by atoms with E-state index < -0.39 is 0 Å². The number of rotatable bonds is 1. The van der Waals surface area contributed by atoms with Crippen LogP contribution in [0.2, 0.25) is 0 Å². The van der Waals surface area contributed by atoms with Gasteiger partial charge in [-0.25, -0.2) is 0 Å². The van der Waals surface area contributed by atoms with Gasteiger partial charge in [-0.3, -0.25) is 4.79 Å². The lowest BCUT2D eigenvalue weighted by Gasteiger charge is -2.03. The Morgan fingerprint density at radius 2 is 2.42 bits per heavy atom. The van der Waals surface area contributed by atoms with Crippen molar-refractivity contribution < 1.29 is 4.79 Å². The van der Waals surface area contributed by atoms with Crippen molar-refractivity contribution in [2.75, 3.05) is 7.05 Å². The van der Waals surface area contributed by atoms with Gasteiger partial charge in [0.1, 0.15) is 0 Å². The minimum atomic E-state index is 0.0448. The predicted molar refractivity (Wildman–Crippen MR) is 54.0 cm³/mol. The summed E-state index contributed by atoms with van der Waals surface area (Å²) < 4.78 is 0. The number of fused-ring (bicyclic) bond motifs is 1. The molecule has 0 saturated heterocycles. The second kappa shape index (κ2) is 3.18. The molecule has 0 spiro atoms. The molecule has 0 bridgehead atoms. The zero-order valence-electron chi connectivity index (χ0n) is 6.61. The SMILES string of the molecule is CNC(=O)C1=CC2SC=CC2S1. The standard InChI is InChI=1S/C8H9NOS2/c1-9-8(10)7-4-6-5(12-7)2-3-11-6/h2-6H,1H3,(H,9,10). The van der Waals surface area contributed by atoms with E-state index in [1.54, 1.807) is 30.6 Å². The third-order valence-corrected chi connectivity index (χ3v) is 4.39. The van der Waals surface area contributed by atoms with Gasteiger partial charge in [-0.15, -0.1) is 23.5 Å². The number of carbonyl (C=O) groups excluding carboxylic acids is 1. The van der Waals surface area contributed by atoms with E-state index in [-0.39, 0.29) is 5.91 Å². The van der Waals surface area contributed by atoms with E-state index in [2.05, 4.69) is 22.9 Å². The van der Waals surface area contributed by atoms with E-state index in [0.29, 0.717) is 10.5 Å². The van der Waals surface area contributed by atoms with Crippen LogP contribution in [0, 0.1) is 0 Å². The average molecular weight is 199 g/mol. The highest BCUT2D eigenvalue weighted by Crippen LogP contribution is 2.43. The van der Waals surface area contributed by atoms with E-state index in [1.807, 2.05) is 0 Å². The first-order chi connectivity index (χ1) is 5.81. The molecule has 2 unspecified atom stereocenters. The van der Waals surface area contributed by atoms with Crippen LogP contribution < -0.4 is 5.32 Å². The summed E-state index contributed by atoms with van der Waals surface area (Å²) in [5.74, 6) is 0.0448. The Kier molecular flexibility index (Phi) is 2.19. The van der Waals surface area contributed by atoms with Crippen molar-refractivity contribution in [1.82, 2.24) is 5.32 Å². The van der Waals surface area contributed by atoms with Gasteiger partial charge in [0.2, 0.25) is 0 Å². The van der Waals surface area contributed by atoms with Crippen molar-refractivity contribution in [2.45, 2.75) is 10.5 Å². The quantitative estimate of drug-likeness (QED) is 0.691. The molecule has 1 N–H and O–H groups in total. The van der Waals surface area contributed by atoms with Crippen molar-refractivity contribution >= 4 is 29.4 Å². The Balaban J connectivity index is 2.09. The molecule has 0 aromatic carbocycles. The predicted octanol–water partition coefficient (Wildman–Crippen LogP) is 1.36. The van der Waals surface area contributed by atoms with Crippen molar-refractivity contribution in [3.05, 3.63) is 22.5 Å². The molecule has 4 heteroatoms. The molecule has 0 aliphatic carbocycles. The summed E-state index contributed by atoms with van der Waals surface area (Å²) in [6, 6.07) is 0. The maximum absolute atomic E-state index is 11.2. The number of nitrogens with one attached hydrogen (secondary N) is 1. The monoisotopic (exact) mass is 199 g/mol. The minimum Gasteiger partial charge on any atom is -0.355 e.